The first-order valence-corrected chi connectivity index (χ1v) is 6.54. The Bertz CT molecular complexity index is 349. The quantitative estimate of drug-likeness (QED) is 0.865. The molecule has 1 saturated heterocycles. The van der Waals surface area contributed by atoms with Crippen molar-refractivity contribution in [3.63, 3.8) is 0 Å². The molecule has 1 N–H and O–H groups in total. The van der Waals surface area contributed by atoms with Crippen molar-refractivity contribution in [3.8, 4) is 0 Å². The number of piperidine rings is 1. The van der Waals surface area contributed by atoms with E-state index >= 15 is 0 Å². The van der Waals surface area contributed by atoms with Crippen molar-refractivity contribution in [2.24, 2.45) is 0 Å². The Labute approximate surface area is 103 Å². The van der Waals surface area contributed by atoms with E-state index in [1.165, 1.54) is 5.69 Å². The third-order valence-corrected chi connectivity index (χ3v) is 3.58. The van der Waals surface area contributed by atoms with Crippen molar-refractivity contribution >= 4 is 0 Å². The van der Waals surface area contributed by atoms with Crippen LogP contribution in [0.2, 0.25) is 0 Å². The molecule has 4 heteroatoms. The SMILES string of the molecule is CCCn1cncc1CN1CCC(C)(O)CC1. The van der Waals surface area contributed by atoms with E-state index in [-0.39, 0.29) is 0 Å². The minimum absolute atomic E-state index is 0.458. The summed E-state index contributed by atoms with van der Waals surface area (Å²) in [5, 5.41) is 9.91. The Morgan fingerprint density at radius 2 is 2.12 bits per heavy atom. The number of aryl methyl sites for hydroxylation is 1. The summed E-state index contributed by atoms with van der Waals surface area (Å²) in [6.45, 7) is 8.07. The molecule has 2 rings (SSSR count). The van der Waals surface area contributed by atoms with Gasteiger partial charge < -0.3 is 9.67 Å². The van der Waals surface area contributed by atoms with E-state index in [9.17, 15) is 5.11 Å². The highest BCUT2D eigenvalue weighted by Crippen LogP contribution is 2.22. The first kappa shape index (κ1) is 12.6. The number of aliphatic hydroxyl groups is 1. The first-order chi connectivity index (χ1) is 8.11. The van der Waals surface area contributed by atoms with Crippen LogP contribution in [0.5, 0.6) is 0 Å². The van der Waals surface area contributed by atoms with Gasteiger partial charge in [-0.15, -0.1) is 0 Å². The molecule has 96 valence electrons. The fourth-order valence-electron chi connectivity index (χ4n) is 2.34. The molecule has 1 aliphatic heterocycles. The Kier molecular flexibility index (Phi) is 3.84. The smallest absolute Gasteiger partial charge is 0.0948 e. The highest BCUT2D eigenvalue weighted by molar-refractivity contribution is 4.99. The van der Waals surface area contributed by atoms with E-state index in [1.54, 1.807) is 0 Å². The van der Waals surface area contributed by atoms with E-state index in [1.807, 2.05) is 19.4 Å². The van der Waals surface area contributed by atoms with Gasteiger partial charge in [0.2, 0.25) is 0 Å². The van der Waals surface area contributed by atoms with Crippen LogP contribution in [0.1, 0.15) is 38.8 Å². The van der Waals surface area contributed by atoms with E-state index in [2.05, 4.69) is 21.4 Å². The predicted octanol–water partition coefficient (Wildman–Crippen LogP) is 1.64. The van der Waals surface area contributed by atoms with Gasteiger partial charge in [0.1, 0.15) is 0 Å². The molecule has 0 aromatic carbocycles. The zero-order valence-electron chi connectivity index (χ0n) is 10.9. The molecular formula is C13H23N3O. The van der Waals surface area contributed by atoms with Crippen LogP contribution in [0.25, 0.3) is 0 Å². The van der Waals surface area contributed by atoms with Crippen LogP contribution in [0, 0.1) is 0 Å². The Hall–Kier alpha value is -0.870. The summed E-state index contributed by atoms with van der Waals surface area (Å²) in [5.41, 5.74) is 0.827. The maximum atomic E-state index is 9.91. The lowest BCUT2D eigenvalue weighted by Gasteiger charge is -2.35. The van der Waals surface area contributed by atoms with Gasteiger partial charge in [-0.25, -0.2) is 4.98 Å². The van der Waals surface area contributed by atoms with Gasteiger partial charge in [0, 0.05) is 32.4 Å². The summed E-state index contributed by atoms with van der Waals surface area (Å²) in [5.74, 6) is 0. The van der Waals surface area contributed by atoms with Crippen molar-refractivity contribution in [1.82, 2.24) is 14.5 Å². The number of nitrogens with zero attached hydrogens (tertiary/aromatic N) is 3. The highest BCUT2D eigenvalue weighted by atomic mass is 16.3. The summed E-state index contributed by atoms with van der Waals surface area (Å²) < 4.78 is 2.23. The fraction of sp³-hybridized carbons (Fsp3) is 0.769. The molecule has 0 atom stereocenters. The van der Waals surface area contributed by atoms with Crippen LogP contribution in [-0.4, -0.2) is 38.2 Å². The molecule has 2 heterocycles. The van der Waals surface area contributed by atoms with E-state index in [0.29, 0.717) is 0 Å². The van der Waals surface area contributed by atoms with Gasteiger partial charge in [-0.2, -0.15) is 0 Å². The van der Waals surface area contributed by atoms with Crippen molar-refractivity contribution in [1.29, 1.82) is 0 Å². The minimum Gasteiger partial charge on any atom is -0.390 e. The molecule has 17 heavy (non-hydrogen) atoms. The molecule has 1 aliphatic rings. The van der Waals surface area contributed by atoms with Crippen molar-refractivity contribution in [2.75, 3.05) is 13.1 Å². The lowest BCUT2D eigenvalue weighted by molar-refractivity contribution is -0.00779. The number of hydrogen-bond acceptors (Lipinski definition) is 3. The molecule has 1 aromatic heterocycles. The van der Waals surface area contributed by atoms with Crippen molar-refractivity contribution < 1.29 is 5.11 Å². The van der Waals surface area contributed by atoms with Gasteiger partial charge in [0.05, 0.1) is 17.6 Å². The maximum Gasteiger partial charge on any atom is 0.0948 e. The average Bonchev–Trinajstić information content (AvgIpc) is 2.70. The van der Waals surface area contributed by atoms with E-state index in [4.69, 9.17) is 0 Å². The summed E-state index contributed by atoms with van der Waals surface area (Å²) in [7, 11) is 0. The number of aromatic nitrogens is 2. The summed E-state index contributed by atoms with van der Waals surface area (Å²) in [6, 6.07) is 0. The van der Waals surface area contributed by atoms with Crippen LogP contribution >= 0.6 is 0 Å². The minimum atomic E-state index is -0.458. The van der Waals surface area contributed by atoms with Gasteiger partial charge in [0.15, 0.2) is 0 Å². The molecule has 1 fully saturated rings. The molecule has 1 aromatic rings. The van der Waals surface area contributed by atoms with Gasteiger partial charge in [0.25, 0.3) is 0 Å². The largest absolute Gasteiger partial charge is 0.390 e. The topological polar surface area (TPSA) is 41.3 Å². The van der Waals surface area contributed by atoms with Crippen LogP contribution < -0.4 is 0 Å². The lowest BCUT2D eigenvalue weighted by Crippen LogP contribution is -2.42. The first-order valence-electron chi connectivity index (χ1n) is 6.54. The summed E-state index contributed by atoms with van der Waals surface area (Å²) >= 11 is 0. The number of imidazole rings is 1. The molecule has 0 amide bonds. The molecule has 0 radical (unpaired) electrons. The predicted molar refractivity (Wildman–Crippen MR) is 67.7 cm³/mol. The van der Waals surface area contributed by atoms with Gasteiger partial charge in [-0.05, 0) is 26.2 Å². The van der Waals surface area contributed by atoms with E-state index < -0.39 is 5.60 Å². The average molecular weight is 237 g/mol. The number of hydrogen-bond donors (Lipinski definition) is 1. The second-order valence-corrected chi connectivity index (χ2v) is 5.35. The zero-order chi connectivity index (χ0) is 12.3. The number of rotatable bonds is 4. The van der Waals surface area contributed by atoms with Gasteiger partial charge in [-0.1, -0.05) is 6.92 Å². The number of likely N-dealkylation sites (tertiary alicyclic amines) is 1. The van der Waals surface area contributed by atoms with Gasteiger partial charge >= 0.3 is 0 Å². The maximum absolute atomic E-state index is 9.91. The van der Waals surface area contributed by atoms with Crippen molar-refractivity contribution in [2.45, 2.75) is 51.8 Å². The monoisotopic (exact) mass is 237 g/mol. The standard InChI is InChI=1S/C13H23N3O/c1-3-6-16-11-14-9-12(16)10-15-7-4-13(2,17)5-8-15/h9,11,17H,3-8,10H2,1-2H3. The van der Waals surface area contributed by atoms with Crippen LogP contribution in [0.3, 0.4) is 0 Å². The second-order valence-electron chi connectivity index (χ2n) is 5.35. The Morgan fingerprint density at radius 1 is 1.41 bits per heavy atom. The molecule has 0 unspecified atom stereocenters. The van der Waals surface area contributed by atoms with Crippen molar-refractivity contribution in [3.05, 3.63) is 18.2 Å². The second kappa shape index (κ2) is 5.19. The normalized spacial score (nSPS) is 20.6. The lowest BCUT2D eigenvalue weighted by atomic mass is 9.94. The van der Waals surface area contributed by atoms with Crippen LogP contribution in [0.4, 0.5) is 0 Å². The summed E-state index contributed by atoms with van der Waals surface area (Å²) in [4.78, 5) is 6.63. The molecule has 0 bridgehead atoms. The highest BCUT2D eigenvalue weighted by Gasteiger charge is 2.27. The third kappa shape index (κ3) is 3.30. The molecule has 0 saturated carbocycles. The van der Waals surface area contributed by atoms with E-state index in [0.717, 1.165) is 45.4 Å². The molecular weight excluding hydrogens is 214 g/mol. The molecule has 0 spiro atoms. The Morgan fingerprint density at radius 3 is 2.76 bits per heavy atom. The fourth-order valence-corrected chi connectivity index (χ4v) is 2.34. The van der Waals surface area contributed by atoms with Crippen LogP contribution in [0.15, 0.2) is 12.5 Å². The zero-order valence-corrected chi connectivity index (χ0v) is 10.9. The summed E-state index contributed by atoms with van der Waals surface area (Å²) in [6.07, 6.45) is 6.75. The molecule has 4 nitrogen and oxygen atoms in total. The third-order valence-electron chi connectivity index (χ3n) is 3.58. The molecule has 0 aliphatic carbocycles. The van der Waals surface area contributed by atoms with Gasteiger partial charge in [-0.3, -0.25) is 4.90 Å². The Balaban J connectivity index is 1.91. The van der Waals surface area contributed by atoms with Crippen LogP contribution in [-0.2, 0) is 13.1 Å².